The number of rotatable bonds is 2. The van der Waals surface area contributed by atoms with Crippen LogP contribution in [0.1, 0.15) is 30.5 Å². The van der Waals surface area contributed by atoms with E-state index in [1.165, 1.54) is 6.92 Å². The van der Waals surface area contributed by atoms with E-state index in [-0.39, 0.29) is 51.7 Å². The Bertz CT molecular complexity index is 211. The quantitative estimate of drug-likeness (QED) is 0.590. The topological polar surface area (TPSA) is 74.6 Å². The van der Waals surface area contributed by atoms with Crippen LogP contribution in [-0.4, -0.2) is 71.0 Å². The molecule has 5 heteroatoms. The van der Waals surface area contributed by atoms with Crippen molar-refractivity contribution in [2.24, 2.45) is 10.8 Å². The van der Waals surface area contributed by atoms with Gasteiger partial charge in [0, 0.05) is 0 Å². The molecule has 0 saturated carbocycles. The van der Waals surface area contributed by atoms with Crippen LogP contribution in [-0.2, 0) is 9.59 Å². The van der Waals surface area contributed by atoms with Gasteiger partial charge in [-0.2, -0.15) is 0 Å². The first-order chi connectivity index (χ1) is 5.14. The molecule has 0 fully saturated rings. The molecule has 0 aromatic heterocycles. The first-order valence-electron chi connectivity index (χ1n) is 3.61. The fraction of sp³-hybridized carbons (Fsp3) is 0.750. The Balaban J connectivity index is -0.000000202. The van der Waals surface area contributed by atoms with Crippen molar-refractivity contribution >= 4 is 60.8 Å². The second-order valence-electron chi connectivity index (χ2n) is 3.99. The summed E-state index contributed by atoms with van der Waals surface area (Å²) in [6.07, 6.45) is 0. The smallest absolute Gasteiger partial charge is 1.00 e. The van der Waals surface area contributed by atoms with Gasteiger partial charge in [-0.05, 0) is 12.3 Å². The van der Waals surface area contributed by atoms with Crippen LogP contribution < -0.4 is 0 Å². The molecule has 74 valence electrons. The van der Waals surface area contributed by atoms with Crippen LogP contribution in [0.3, 0.4) is 0 Å². The molecule has 0 radical (unpaired) electrons. The van der Waals surface area contributed by atoms with E-state index < -0.39 is 22.8 Å². The molecule has 4 nitrogen and oxygen atoms in total. The fourth-order valence-corrected chi connectivity index (χ4v) is 0.733. The number of aliphatic carboxylic acids is 2. The summed E-state index contributed by atoms with van der Waals surface area (Å²) in [5.41, 5.74) is -2.53. The van der Waals surface area contributed by atoms with Crippen LogP contribution >= 0.6 is 0 Å². The van der Waals surface area contributed by atoms with E-state index in [2.05, 4.69) is 0 Å². The number of carboxylic acid groups (broad SMARTS) is 2. The third kappa shape index (κ3) is 2.99. The van der Waals surface area contributed by atoms with Crippen molar-refractivity contribution in [1.29, 1.82) is 0 Å². The van der Waals surface area contributed by atoms with Crippen molar-refractivity contribution in [2.75, 3.05) is 0 Å². The molecule has 0 bridgehead atoms. The van der Waals surface area contributed by atoms with E-state index in [0.29, 0.717) is 0 Å². The van der Waals surface area contributed by atoms with Crippen molar-refractivity contribution in [2.45, 2.75) is 27.7 Å². The Hall–Kier alpha value is 0.511. The molecule has 0 aliphatic carbocycles. The van der Waals surface area contributed by atoms with Crippen LogP contribution in [0, 0.1) is 10.8 Å². The SMILES string of the molecule is CC(C)(C)C(C)(C(=O)O)C(=O)O.[Ba+2].[H-].[H-]. The van der Waals surface area contributed by atoms with Gasteiger partial charge in [-0.1, -0.05) is 20.8 Å². The minimum absolute atomic E-state index is 0. The zero-order valence-electron chi connectivity index (χ0n) is 10.4. The molecule has 0 heterocycles. The summed E-state index contributed by atoms with van der Waals surface area (Å²) >= 11 is 0. The molecule has 0 aliphatic rings. The second kappa shape index (κ2) is 4.84. The van der Waals surface area contributed by atoms with Gasteiger partial charge >= 0.3 is 60.8 Å². The number of hydrogen-bond donors (Lipinski definition) is 2. The molecular weight excluding hydrogens is 297 g/mol. The first-order valence-corrected chi connectivity index (χ1v) is 3.61. The van der Waals surface area contributed by atoms with E-state index in [1.54, 1.807) is 20.8 Å². The predicted molar refractivity (Wildman–Crippen MR) is 50.8 cm³/mol. The monoisotopic (exact) mass is 314 g/mol. The van der Waals surface area contributed by atoms with E-state index >= 15 is 0 Å². The molecule has 0 saturated heterocycles. The summed E-state index contributed by atoms with van der Waals surface area (Å²) in [6.45, 7) is 6.00. The summed E-state index contributed by atoms with van der Waals surface area (Å²) in [7, 11) is 0. The van der Waals surface area contributed by atoms with Gasteiger partial charge in [-0.25, -0.2) is 0 Å². The largest absolute Gasteiger partial charge is 2.00 e. The summed E-state index contributed by atoms with van der Waals surface area (Å²) < 4.78 is 0. The second-order valence-corrected chi connectivity index (χ2v) is 3.99. The van der Waals surface area contributed by atoms with Crippen molar-refractivity contribution in [3.05, 3.63) is 0 Å². The third-order valence-corrected chi connectivity index (χ3v) is 2.36. The molecule has 0 amide bonds. The standard InChI is InChI=1S/C8H14O4.Ba.2H/c1-7(2,3)8(4,5(9)10)6(11)12;;;/h1-4H3,(H,9,10)(H,11,12);;;/q;+2;2*-1. The Labute approximate surface area is 121 Å². The average molecular weight is 314 g/mol. The summed E-state index contributed by atoms with van der Waals surface area (Å²) in [5.74, 6) is -2.61. The van der Waals surface area contributed by atoms with Crippen LogP contribution in [0.2, 0.25) is 0 Å². The fourth-order valence-electron chi connectivity index (χ4n) is 0.733. The van der Waals surface area contributed by atoms with Gasteiger partial charge in [0.2, 0.25) is 0 Å². The van der Waals surface area contributed by atoms with E-state index in [1.807, 2.05) is 0 Å². The molecule has 0 spiro atoms. The van der Waals surface area contributed by atoms with Gasteiger partial charge in [0.05, 0.1) is 0 Å². The zero-order valence-corrected chi connectivity index (χ0v) is 12.9. The van der Waals surface area contributed by atoms with Crippen LogP contribution in [0.25, 0.3) is 0 Å². The molecule has 13 heavy (non-hydrogen) atoms. The molecule has 0 aliphatic heterocycles. The van der Waals surface area contributed by atoms with E-state index in [0.717, 1.165) is 0 Å². The van der Waals surface area contributed by atoms with Crippen molar-refractivity contribution < 1.29 is 22.7 Å². The van der Waals surface area contributed by atoms with E-state index in [9.17, 15) is 9.59 Å². The molecule has 0 aromatic carbocycles. The van der Waals surface area contributed by atoms with Gasteiger partial charge in [0.25, 0.3) is 0 Å². The Morgan fingerprint density at radius 3 is 1.23 bits per heavy atom. The minimum atomic E-state index is -1.73. The Kier molecular flexibility index (Phi) is 5.94. The first kappa shape index (κ1) is 16.0. The van der Waals surface area contributed by atoms with Crippen molar-refractivity contribution in [3.63, 3.8) is 0 Å². The van der Waals surface area contributed by atoms with Gasteiger partial charge in [0.1, 0.15) is 0 Å². The van der Waals surface area contributed by atoms with Gasteiger partial charge in [-0.15, -0.1) is 0 Å². The number of carbonyl (C=O) groups is 2. The molecular formula is C8H16BaO4. The number of hydrogen-bond acceptors (Lipinski definition) is 2. The summed E-state index contributed by atoms with van der Waals surface area (Å²) in [4.78, 5) is 21.5. The molecule has 0 atom stereocenters. The van der Waals surface area contributed by atoms with Crippen molar-refractivity contribution in [1.82, 2.24) is 0 Å². The summed E-state index contributed by atoms with van der Waals surface area (Å²) in [5, 5.41) is 17.5. The van der Waals surface area contributed by atoms with Gasteiger partial charge in [-0.3, -0.25) is 9.59 Å². The minimum Gasteiger partial charge on any atom is -1.00 e. The van der Waals surface area contributed by atoms with Gasteiger partial charge < -0.3 is 13.1 Å². The average Bonchev–Trinajstić information content (AvgIpc) is 1.82. The molecule has 2 N–H and O–H groups in total. The molecule has 0 aromatic rings. The van der Waals surface area contributed by atoms with Crippen LogP contribution in [0.4, 0.5) is 0 Å². The van der Waals surface area contributed by atoms with Crippen LogP contribution in [0.5, 0.6) is 0 Å². The van der Waals surface area contributed by atoms with E-state index in [4.69, 9.17) is 10.2 Å². The number of carboxylic acids is 2. The normalized spacial score (nSPS) is 11.7. The zero-order chi connectivity index (χ0) is 10.2. The predicted octanol–water partition coefficient (Wildman–Crippen LogP) is 1.05. The molecule has 0 unspecified atom stereocenters. The van der Waals surface area contributed by atoms with Gasteiger partial charge in [0.15, 0.2) is 5.41 Å². The Morgan fingerprint density at radius 2 is 1.23 bits per heavy atom. The van der Waals surface area contributed by atoms with Crippen LogP contribution in [0.15, 0.2) is 0 Å². The maximum absolute atomic E-state index is 10.7. The maximum Gasteiger partial charge on any atom is 2.00 e. The van der Waals surface area contributed by atoms with Crippen molar-refractivity contribution in [3.8, 4) is 0 Å². The maximum atomic E-state index is 10.7. The molecule has 0 rings (SSSR count). The third-order valence-electron chi connectivity index (χ3n) is 2.36. The Morgan fingerprint density at radius 1 is 1.00 bits per heavy atom. The summed E-state index contributed by atoms with van der Waals surface area (Å²) in [6, 6.07) is 0.